The molecule has 1 fully saturated rings. The summed E-state index contributed by atoms with van der Waals surface area (Å²) in [5, 5.41) is 23.8. The van der Waals surface area contributed by atoms with Crippen LogP contribution in [0.15, 0.2) is 28.7 Å². The molecule has 1 unspecified atom stereocenters. The summed E-state index contributed by atoms with van der Waals surface area (Å²) in [5.74, 6) is 0.725. The van der Waals surface area contributed by atoms with E-state index in [1.54, 1.807) is 0 Å². The van der Waals surface area contributed by atoms with Crippen LogP contribution in [-0.2, 0) is 0 Å². The third-order valence-corrected chi connectivity index (χ3v) is 4.72. The van der Waals surface area contributed by atoms with Crippen molar-refractivity contribution < 1.29 is 10.2 Å². The Morgan fingerprint density at radius 3 is 2.75 bits per heavy atom. The van der Waals surface area contributed by atoms with E-state index in [1.807, 2.05) is 24.3 Å². The molecular weight excluding hydrogens is 318 g/mol. The Labute approximate surface area is 129 Å². The average molecular weight is 342 g/mol. The van der Waals surface area contributed by atoms with Gasteiger partial charge in [0, 0.05) is 17.6 Å². The second-order valence-corrected chi connectivity index (χ2v) is 7.02. The van der Waals surface area contributed by atoms with Crippen LogP contribution in [0.1, 0.15) is 44.3 Å². The number of halogens is 1. The SMILES string of the molecule is CC1CCC(O)(CNCC(O)c2cccc(Br)c2)CC1. The van der Waals surface area contributed by atoms with E-state index >= 15 is 0 Å². The lowest BCUT2D eigenvalue weighted by atomic mass is 9.79. The van der Waals surface area contributed by atoms with Crippen LogP contribution in [0, 0.1) is 5.92 Å². The fourth-order valence-electron chi connectivity index (χ4n) is 2.75. The van der Waals surface area contributed by atoms with Gasteiger partial charge in [-0.1, -0.05) is 35.0 Å². The minimum absolute atomic E-state index is 0.467. The molecule has 0 bridgehead atoms. The molecule has 0 amide bonds. The molecule has 0 aromatic heterocycles. The van der Waals surface area contributed by atoms with Gasteiger partial charge < -0.3 is 15.5 Å². The molecule has 0 saturated heterocycles. The first-order chi connectivity index (χ1) is 9.48. The van der Waals surface area contributed by atoms with E-state index < -0.39 is 11.7 Å². The summed E-state index contributed by atoms with van der Waals surface area (Å²) in [6.45, 7) is 3.27. The predicted molar refractivity (Wildman–Crippen MR) is 84.6 cm³/mol. The Morgan fingerprint density at radius 2 is 2.10 bits per heavy atom. The second-order valence-electron chi connectivity index (χ2n) is 6.11. The third kappa shape index (κ3) is 4.55. The average Bonchev–Trinajstić information content (AvgIpc) is 2.42. The molecule has 0 spiro atoms. The zero-order valence-electron chi connectivity index (χ0n) is 12.0. The Balaban J connectivity index is 1.78. The topological polar surface area (TPSA) is 52.5 Å². The maximum Gasteiger partial charge on any atom is 0.0914 e. The monoisotopic (exact) mass is 341 g/mol. The Kier molecular flexibility index (Phi) is 5.61. The molecule has 2 rings (SSSR count). The number of benzene rings is 1. The van der Waals surface area contributed by atoms with Crippen LogP contribution >= 0.6 is 15.9 Å². The highest BCUT2D eigenvalue weighted by Crippen LogP contribution is 2.31. The van der Waals surface area contributed by atoms with Crippen molar-refractivity contribution in [2.45, 2.75) is 44.3 Å². The summed E-state index contributed by atoms with van der Waals surface area (Å²) < 4.78 is 0.967. The van der Waals surface area contributed by atoms with E-state index in [0.717, 1.165) is 41.6 Å². The number of aliphatic hydroxyl groups is 2. The van der Waals surface area contributed by atoms with Crippen LogP contribution in [0.3, 0.4) is 0 Å². The van der Waals surface area contributed by atoms with Crippen molar-refractivity contribution in [3.63, 3.8) is 0 Å². The number of nitrogens with one attached hydrogen (secondary N) is 1. The molecule has 3 N–H and O–H groups in total. The largest absolute Gasteiger partial charge is 0.389 e. The maximum atomic E-state index is 10.5. The van der Waals surface area contributed by atoms with Gasteiger partial charge in [0.15, 0.2) is 0 Å². The maximum absolute atomic E-state index is 10.5. The van der Waals surface area contributed by atoms with Crippen LogP contribution in [0.25, 0.3) is 0 Å². The minimum atomic E-state index is -0.594. The van der Waals surface area contributed by atoms with Gasteiger partial charge in [0.05, 0.1) is 11.7 Å². The van der Waals surface area contributed by atoms with E-state index in [2.05, 4.69) is 28.2 Å². The molecule has 0 heterocycles. The van der Waals surface area contributed by atoms with Crippen molar-refractivity contribution in [3.05, 3.63) is 34.3 Å². The summed E-state index contributed by atoms with van der Waals surface area (Å²) in [5.41, 5.74) is 0.292. The summed E-state index contributed by atoms with van der Waals surface area (Å²) >= 11 is 3.40. The van der Waals surface area contributed by atoms with Gasteiger partial charge >= 0.3 is 0 Å². The molecule has 1 atom stereocenters. The number of aliphatic hydroxyl groups excluding tert-OH is 1. The molecule has 0 aliphatic heterocycles. The predicted octanol–water partition coefficient (Wildman–Crippen LogP) is 3.01. The van der Waals surface area contributed by atoms with Gasteiger partial charge in [-0.05, 0) is 49.3 Å². The lowest BCUT2D eigenvalue weighted by molar-refractivity contribution is -0.00803. The Bertz CT molecular complexity index is 430. The molecule has 1 aromatic carbocycles. The first-order valence-corrected chi connectivity index (χ1v) is 8.14. The molecule has 20 heavy (non-hydrogen) atoms. The van der Waals surface area contributed by atoms with E-state index in [1.165, 1.54) is 0 Å². The van der Waals surface area contributed by atoms with Crippen molar-refractivity contribution >= 4 is 15.9 Å². The molecule has 3 nitrogen and oxygen atoms in total. The number of hydrogen-bond acceptors (Lipinski definition) is 3. The zero-order chi connectivity index (χ0) is 14.6. The van der Waals surface area contributed by atoms with Crippen molar-refractivity contribution in [2.75, 3.05) is 13.1 Å². The van der Waals surface area contributed by atoms with Crippen molar-refractivity contribution in [1.82, 2.24) is 5.32 Å². The van der Waals surface area contributed by atoms with E-state index in [4.69, 9.17) is 0 Å². The van der Waals surface area contributed by atoms with Gasteiger partial charge in [-0.25, -0.2) is 0 Å². The molecule has 1 aliphatic rings. The van der Waals surface area contributed by atoms with Gasteiger partial charge in [0.1, 0.15) is 0 Å². The fourth-order valence-corrected chi connectivity index (χ4v) is 3.17. The number of hydrogen-bond donors (Lipinski definition) is 3. The molecule has 1 aliphatic carbocycles. The Morgan fingerprint density at radius 1 is 1.40 bits per heavy atom. The zero-order valence-corrected chi connectivity index (χ0v) is 13.6. The van der Waals surface area contributed by atoms with Crippen LogP contribution in [0.4, 0.5) is 0 Å². The summed E-state index contributed by atoms with van der Waals surface area (Å²) in [4.78, 5) is 0. The highest BCUT2D eigenvalue weighted by Gasteiger charge is 2.31. The van der Waals surface area contributed by atoms with Gasteiger partial charge in [0.25, 0.3) is 0 Å². The first-order valence-electron chi connectivity index (χ1n) is 7.35. The normalized spacial score (nSPS) is 28.3. The van der Waals surface area contributed by atoms with Gasteiger partial charge in [0.2, 0.25) is 0 Å². The van der Waals surface area contributed by atoms with E-state index in [-0.39, 0.29) is 0 Å². The molecular formula is C16H24BrNO2. The van der Waals surface area contributed by atoms with Crippen molar-refractivity contribution in [2.24, 2.45) is 5.92 Å². The van der Waals surface area contributed by atoms with Gasteiger partial charge in [-0.2, -0.15) is 0 Å². The highest BCUT2D eigenvalue weighted by molar-refractivity contribution is 9.10. The standard InChI is InChI=1S/C16H24BrNO2/c1-12-5-7-16(20,8-6-12)11-18-10-15(19)13-3-2-4-14(17)9-13/h2-4,9,12,15,18-20H,5-8,10-11H2,1H3. The quantitative estimate of drug-likeness (QED) is 0.771. The van der Waals surface area contributed by atoms with E-state index in [0.29, 0.717) is 13.1 Å². The minimum Gasteiger partial charge on any atom is -0.389 e. The van der Waals surface area contributed by atoms with Gasteiger partial charge in [-0.15, -0.1) is 0 Å². The lowest BCUT2D eigenvalue weighted by Crippen LogP contribution is -2.44. The number of rotatable bonds is 5. The molecule has 1 saturated carbocycles. The van der Waals surface area contributed by atoms with Crippen LogP contribution < -0.4 is 5.32 Å². The second kappa shape index (κ2) is 7.03. The summed E-state index contributed by atoms with van der Waals surface area (Å²) in [7, 11) is 0. The molecule has 112 valence electrons. The Hall–Kier alpha value is -0.420. The molecule has 1 aromatic rings. The van der Waals surface area contributed by atoms with Gasteiger partial charge in [-0.3, -0.25) is 0 Å². The smallest absolute Gasteiger partial charge is 0.0914 e. The van der Waals surface area contributed by atoms with E-state index in [9.17, 15) is 10.2 Å². The molecule has 0 radical (unpaired) electrons. The van der Waals surface area contributed by atoms with Crippen LogP contribution in [0.2, 0.25) is 0 Å². The lowest BCUT2D eigenvalue weighted by Gasteiger charge is -2.35. The van der Waals surface area contributed by atoms with Crippen molar-refractivity contribution in [1.29, 1.82) is 0 Å². The van der Waals surface area contributed by atoms with Crippen LogP contribution in [-0.4, -0.2) is 28.9 Å². The highest BCUT2D eigenvalue weighted by atomic mass is 79.9. The van der Waals surface area contributed by atoms with Crippen molar-refractivity contribution in [3.8, 4) is 0 Å². The summed E-state index contributed by atoms with van der Waals surface area (Å²) in [6.07, 6.45) is 3.35. The summed E-state index contributed by atoms with van der Waals surface area (Å²) in [6, 6.07) is 7.69. The fraction of sp³-hybridized carbons (Fsp3) is 0.625. The van der Waals surface area contributed by atoms with Crippen LogP contribution in [0.5, 0.6) is 0 Å². The molecule has 4 heteroatoms. The first kappa shape index (κ1) is 16.0. The third-order valence-electron chi connectivity index (χ3n) is 4.23.